The predicted molar refractivity (Wildman–Crippen MR) is 72.6 cm³/mol. The number of benzene rings is 1. The van der Waals surface area contributed by atoms with Crippen molar-refractivity contribution in [2.75, 3.05) is 11.9 Å². The second-order valence-electron chi connectivity index (χ2n) is 5.56. The van der Waals surface area contributed by atoms with Crippen molar-refractivity contribution in [3.63, 3.8) is 0 Å². The number of carbonyl (C=O) groups is 1. The van der Waals surface area contributed by atoms with Crippen LogP contribution in [0.2, 0.25) is 0 Å². The van der Waals surface area contributed by atoms with E-state index in [2.05, 4.69) is 29.7 Å². The van der Waals surface area contributed by atoms with Gasteiger partial charge in [0.25, 0.3) is 0 Å². The molecule has 2 aliphatic rings. The Morgan fingerprint density at radius 3 is 3.00 bits per heavy atom. The highest BCUT2D eigenvalue weighted by molar-refractivity contribution is 5.78. The monoisotopic (exact) mass is 244 g/mol. The van der Waals surface area contributed by atoms with Crippen LogP contribution in [0, 0.1) is 5.92 Å². The number of carbonyl (C=O) groups excluding carboxylic acids is 1. The molecule has 0 spiro atoms. The van der Waals surface area contributed by atoms with E-state index in [0.717, 1.165) is 12.5 Å². The summed E-state index contributed by atoms with van der Waals surface area (Å²) in [6.45, 7) is 3.00. The van der Waals surface area contributed by atoms with Crippen molar-refractivity contribution in [1.82, 2.24) is 5.32 Å². The Hall–Kier alpha value is -1.51. The summed E-state index contributed by atoms with van der Waals surface area (Å²) in [6, 6.07) is 8.63. The highest BCUT2D eigenvalue weighted by atomic mass is 16.1. The van der Waals surface area contributed by atoms with Crippen molar-refractivity contribution in [3.8, 4) is 0 Å². The fourth-order valence-corrected chi connectivity index (χ4v) is 2.79. The van der Waals surface area contributed by atoms with Crippen LogP contribution in [0.15, 0.2) is 24.3 Å². The van der Waals surface area contributed by atoms with E-state index in [-0.39, 0.29) is 5.91 Å². The van der Waals surface area contributed by atoms with Gasteiger partial charge in [-0.2, -0.15) is 0 Å². The highest BCUT2D eigenvalue weighted by Gasteiger charge is 2.30. The van der Waals surface area contributed by atoms with Gasteiger partial charge >= 0.3 is 0 Å². The molecule has 3 heteroatoms. The minimum atomic E-state index is 0.193. The van der Waals surface area contributed by atoms with Crippen LogP contribution in [-0.4, -0.2) is 18.5 Å². The molecule has 1 saturated carbocycles. The standard InChI is InChI=1S/C15H20N2O/c1-10(11-6-7-11)17-15(18)8-12-9-16-14-5-3-2-4-13(12)14/h2-5,10-12,16H,6-9H2,1H3,(H,17,18). The average molecular weight is 244 g/mol. The van der Waals surface area contributed by atoms with E-state index in [9.17, 15) is 4.79 Å². The van der Waals surface area contributed by atoms with Gasteiger partial charge in [0.15, 0.2) is 0 Å². The molecule has 0 aromatic heterocycles. The zero-order valence-electron chi connectivity index (χ0n) is 10.8. The van der Waals surface area contributed by atoms with Crippen LogP contribution < -0.4 is 10.6 Å². The van der Waals surface area contributed by atoms with Gasteiger partial charge in [-0.1, -0.05) is 18.2 Å². The molecule has 1 fully saturated rings. The van der Waals surface area contributed by atoms with E-state index in [1.807, 2.05) is 12.1 Å². The average Bonchev–Trinajstić information content (AvgIpc) is 3.14. The summed E-state index contributed by atoms with van der Waals surface area (Å²) in [4.78, 5) is 12.0. The summed E-state index contributed by atoms with van der Waals surface area (Å²) in [5.41, 5.74) is 2.47. The Balaban J connectivity index is 1.58. The number of fused-ring (bicyclic) bond motifs is 1. The van der Waals surface area contributed by atoms with Crippen molar-refractivity contribution in [1.29, 1.82) is 0 Å². The number of hydrogen-bond donors (Lipinski definition) is 2. The Kier molecular flexibility index (Phi) is 2.98. The van der Waals surface area contributed by atoms with Crippen LogP contribution in [0.3, 0.4) is 0 Å². The van der Waals surface area contributed by atoms with Crippen molar-refractivity contribution >= 4 is 11.6 Å². The Labute approximate surface area is 108 Å². The van der Waals surface area contributed by atoms with Crippen LogP contribution in [0.4, 0.5) is 5.69 Å². The van der Waals surface area contributed by atoms with Crippen LogP contribution in [0.5, 0.6) is 0 Å². The highest BCUT2D eigenvalue weighted by Crippen LogP contribution is 2.34. The van der Waals surface area contributed by atoms with Crippen LogP contribution in [0.25, 0.3) is 0 Å². The van der Waals surface area contributed by atoms with Crippen molar-refractivity contribution in [2.24, 2.45) is 5.92 Å². The molecule has 1 aliphatic heterocycles. The predicted octanol–water partition coefficient (Wildman–Crippen LogP) is 2.50. The minimum absolute atomic E-state index is 0.193. The second-order valence-corrected chi connectivity index (χ2v) is 5.56. The van der Waals surface area contributed by atoms with Crippen molar-refractivity contribution in [3.05, 3.63) is 29.8 Å². The fourth-order valence-electron chi connectivity index (χ4n) is 2.79. The second kappa shape index (κ2) is 4.63. The molecule has 1 heterocycles. The summed E-state index contributed by atoms with van der Waals surface area (Å²) in [5, 5.41) is 6.50. The smallest absolute Gasteiger partial charge is 0.220 e. The summed E-state index contributed by atoms with van der Waals surface area (Å²) >= 11 is 0. The van der Waals surface area contributed by atoms with E-state index in [0.29, 0.717) is 18.4 Å². The van der Waals surface area contributed by atoms with Gasteiger partial charge < -0.3 is 10.6 Å². The molecule has 0 bridgehead atoms. The molecule has 1 aromatic carbocycles. The molecule has 0 saturated heterocycles. The van der Waals surface area contributed by atoms with Crippen LogP contribution in [0.1, 0.15) is 37.7 Å². The normalized spacial score (nSPS) is 23.1. The van der Waals surface area contributed by atoms with Gasteiger partial charge in [0.2, 0.25) is 5.91 Å². The summed E-state index contributed by atoms with van der Waals surface area (Å²) < 4.78 is 0. The van der Waals surface area contributed by atoms with E-state index in [1.54, 1.807) is 0 Å². The number of hydrogen-bond acceptors (Lipinski definition) is 2. The molecule has 2 unspecified atom stereocenters. The molecule has 1 aromatic rings. The first kappa shape index (κ1) is 11.6. The Morgan fingerprint density at radius 1 is 1.44 bits per heavy atom. The molecule has 3 rings (SSSR count). The third kappa shape index (κ3) is 2.35. The summed E-state index contributed by atoms with van der Waals surface area (Å²) in [7, 11) is 0. The first-order chi connectivity index (χ1) is 8.74. The number of nitrogens with one attached hydrogen (secondary N) is 2. The van der Waals surface area contributed by atoms with Gasteiger partial charge in [0.1, 0.15) is 0 Å². The van der Waals surface area contributed by atoms with Gasteiger partial charge in [0.05, 0.1) is 0 Å². The first-order valence-electron chi connectivity index (χ1n) is 6.86. The summed E-state index contributed by atoms with van der Waals surface area (Å²) in [5.74, 6) is 1.24. The zero-order valence-corrected chi connectivity index (χ0v) is 10.8. The largest absolute Gasteiger partial charge is 0.384 e. The zero-order chi connectivity index (χ0) is 12.5. The number of rotatable bonds is 4. The maximum Gasteiger partial charge on any atom is 0.220 e. The third-order valence-electron chi connectivity index (χ3n) is 4.09. The van der Waals surface area contributed by atoms with Gasteiger partial charge in [-0.05, 0) is 37.3 Å². The lowest BCUT2D eigenvalue weighted by Gasteiger charge is -2.15. The maximum atomic E-state index is 12.0. The number of anilines is 1. The fraction of sp³-hybridized carbons (Fsp3) is 0.533. The van der Waals surface area contributed by atoms with Gasteiger partial charge in [-0.25, -0.2) is 0 Å². The number of amides is 1. The Bertz CT molecular complexity index is 454. The topological polar surface area (TPSA) is 41.1 Å². The van der Waals surface area contributed by atoms with E-state index < -0.39 is 0 Å². The molecule has 2 atom stereocenters. The molecular weight excluding hydrogens is 224 g/mol. The molecule has 1 aliphatic carbocycles. The number of para-hydroxylation sites is 1. The van der Waals surface area contributed by atoms with Gasteiger partial charge in [-0.15, -0.1) is 0 Å². The van der Waals surface area contributed by atoms with E-state index in [4.69, 9.17) is 0 Å². The molecule has 18 heavy (non-hydrogen) atoms. The Morgan fingerprint density at radius 2 is 2.22 bits per heavy atom. The van der Waals surface area contributed by atoms with Gasteiger partial charge in [-0.3, -0.25) is 4.79 Å². The van der Waals surface area contributed by atoms with Crippen LogP contribution >= 0.6 is 0 Å². The first-order valence-corrected chi connectivity index (χ1v) is 6.86. The van der Waals surface area contributed by atoms with Crippen molar-refractivity contribution < 1.29 is 4.79 Å². The molecule has 3 nitrogen and oxygen atoms in total. The molecule has 96 valence electrons. The van der Waals surface area contributed by atoms with Crippen LogP contribution in [-0.2, 0) is 4.79 Å². The molecule has 1 amide bonds. The maximum absolute atomic E-state index is 12.0. The SMILES string of the molecule is CC(NC(=O)CC1CNc2ccccc21)C1CC1. The summed E-state index contributed by atoms with van der Waals surface area (Å²) in [6.07, 6.45) is 3.14. The third-order valence-corrected chi connectivity index (χ3v) is 4.09. The lowest BCUT2D eigenvalue weighted by molar-refractivity contribution is -0.122. The molecular formula is C15H20N2O. The lowest BCUT2D eigenvalue weighted by atomic mass is 9.97. The minimum Gasteiger partial charge on any atom is -0.384 e. The molecule has 0 radical (unpaired) electrons. The lowest BCUT2D eigenvalue weighted by Crippen LogP contribution is -2.34. The van der Waals surface area contributed by atoms with E-state index >= 15 is 0 Å². The van der Waals surface area contributed by atoms with E-state index in [1.165, 1.54) is 24.1 Å². The van der Waals surface area contributed by atoms with Crippen molar-refractivity contribution in [2.45, 2.75) is 38.1 Å². The van der Waals surface area contributed by atoms with Gasteiger partial charge in [0, 0.05) is 30.6 Å². The quantitative estimate of drug-likeness (QED) is 0.854. The molecule has 2 N–H and O–H groups in total.